The van der Waals surface area contributed by atoms with Crippen LogP contribution in [-0.4, -0.2) is 43.8 Å². The summed E-state index contributed by atoms with van der Waals surface area (Å²) in [5.41, 5.74) is 0. The zero-order valence-electron chi connectivity index (χ0n) is 13.8. The maximum Gasteiger partial charge on any atom is 0.315 e. The first-order valence-electron chi connectivity index (χ1n) is 8.14. The van der Waals surface area contributed by atoms with Gasteiger partial charge in [0.05, 0.1) is 25.8 Å². The summed E-state index contributed by atoms with van der Waals surface area (Å²) in [6.07, 6.45) is 0. The van der Waals surface area contributed by atoms with Gasteiger partial charge in [-0.15, -0.1) is 11.3 Å². The predicted molar refractivity (Wildman–Crippen MR) is 93.1 cm³/mol. The number of nitrogens with zero attached hydrogens (tertiary/aromatic N) is 1. The lowest BCUT2D eigenvalue weighted by molar-refractivity contribution is 0.0121. The molecule has 0 spiro atoms. The molecule has 3 heterocycles. The smallest absolute Gasteiger partial charge is 0.315 e. The second-order valence-corrected chi connectivity index (χ2v) is 6.79. The standard InChI is InChI=1S/C17H23N3O3S/c1-13-4-5-16(23-13)15(20-6-8-22-9-7-20)12-19-17(21)18-11-14-3-2-10-24-14/h2-5,10,15H,6-9,11-12H2,1H3,(H2,18,19,21). The molecule has 3 rings (SSSR count). The molecule has 1 aliphatic heterocycles. The number of hydrogen-bond acceptors (Lipinski definition) is 5. The Morgan fingerprint density at radius 3 is 2.79 bits per heavy atom. The quantitative estimate of drug-likeness (QED) is 0.841. The van der Waals surface area contributed by atoms with E-state index in [1.807, 2.05) is 36.6 Å². The van der Waals surface area contributed by atoms with E-state index >= 15 is 0 Å². The second kappa shape index (κ2) is 8.32. The summed E-state index contributed by atoms with van der Waals surface area (Å²) in [6, 6.07) is 7.79. The molecule has 1 atom stereocenters. The van der Waals surface area contributed by atoms with Crippen LogP contribution in [0.1, 0.15) is 22.4 Å². The topological polar surface area (TPSA) is 66.7 Å². The minimum absolute atomic E-state index is 0.0232. The van der Waals surface area contributed by atoms with Crippen LogP contribution < -0.4 is 10.6 Å². The fourth-order valence-electron chi connectivity index (χ4n) is 2.76. The normalized spacial score (nSPS) is 16.7. The molecule has 2 aromatic heterocycles. The summed E-state index contributed by atoms with van der Waals surface area (Å²) in [4.78, 5) is 15.5. The van der Waals surface area contributed by atoms with Gasteiger partial charge in [-0.1, -0.05) is 6.07 Å². The van der Waals surface area contributed by atoms with Crippen molar-refractivity contribution < 1.29 is 13.9 Å². The maximum absolute atomic E-state index is 12.1. The molecule has 0 aliphatic carbocycles. The van der Waals surface area contributed by atoms with E-state index in [1.165, 1.54) is 0 Å². The Bertz CT molecular complexity index is 635. The van der Waals surface area contributed by atoms with Crippen molar-refractivity contribution in [3.8, 4) is 0 Å². The van der Waals surface area contributed by atoms with Crippen molar-refractivity contribution >= 4 is 17.4 Å². The molecule has 6 nitrogen and oxygen atoms in total. The second-order valence-electron chi connectivity index (χ2n) is 5.76. The van der Waals surface area contributed by atoms with Gasteiger partial charge in [0.25, 0.3) is 0 Å². The number of aryl methyl sites for hydroxylation is 1. The Balaban J connectivity index is 1.55. The van der Waals surface area contributed by atoms with Crippen molar-refractivity contribution in [2.24, 2.45) is 0 Å². The van der Waals surface area contributed by atoms with Crippen LogP contribution in [0.25, 0.3) is 0 Å². The molecule has 2 amide bonds. The summed E-state index contributed by atoms with van der Waals surface area (Å²) in [5.74, 6) is 1.76. The SMILES string of the molecule is Cc1ccc(C(CNC(=O)NCc2cccs2)N2CCOCC2)o1. The van der Waals surface area contributed by atoms with Gasteiger partial charge in [0.15, 0.2) is 0 Å². The highest BCUT2D eigenvalue weighted by Gasteiger charge is 2.25. The number of urea groups is 1. The van der Waals surface area contributed by atoms with E-state index in [4.69, 9.17) is 9.15 Å². The zero-order chi connectivity index (χ0) is 16.8. The summed E-state index contributed by atoms with van der Waals surface area (Å²) < 4.78 is 11.2. The van der Waals surface area contributed by atoms with Crippen molar-refractivity contribution in [1.29, 1.82) is 0 Å². The van der Waals surface area contributed by atoms with E-state index in [2.05, 4.69) is 15.5 Å². The van der Waals surface area contributed by atoms with E-state index in [-0.39, 0.29) is 12.1 Å². The molecule has 1 aliphatic rings. The average molecular weight is 349 g/mol. The van der Waals surface area contributed by atoms with Crippen molar-refractivity contribution in [2.75, 3.05) is 32.8 Å². The molecule has 0 saturated carbocycles. The van der Waals surface area contributed by atoms with Gasteiger partial charge in [0, 0.05) is 24.5 Å². The minimum Gasteiger partial charge on any atom is -0.465 e. The van der Waals surface area contributed by atoms with Crippen LogP contribution in [0.2, 0.25) is 0 Å². The summed E-state index contributed by atoms with van der Waals surface area (Å²) >= 11 is 1.63. The number of morpholine rings is 1. The van der Waals surface area contributed by atoms with Crippen molar-refractivity contribution in [1.82, 2.24) is 15.5 Å². The lowest BCUT2D eigenvalue weighted by atomic mass is 10.1. The molecule has 7 heteroatoms. The molecular formula is C17H23N3O3S. The molecule has 0 aromatic carbocycles. The third kappa shape index (κ3) is 4.59. The highest BCUT2D eigenvalue weighted by Crippen LogP contribution is 2.23. The Kier molecular flexibility index (Phi) is 5.90. The van der Waals surface area contributed by atoms with E-state index in [1.54, 1.807) is 11.3 Å². The number of nitrogens with one attached hydrogen (secondary N) is 2. The first kappa shape index (κ1) is 17.0. The van der Waals surface area contributed by atoms with Crippen molar-refractivity contribution in [2.45, 2.75) is 19.5 Å². The first-order valence-corrected chi connectivity index (χ1v) is 9.02. The van der Waals surface area contributed by atoms with Gasteiger partial charge >= 0.3 is 6.03 Å². The number of amides is 2. The zero-order valence-corrected chi connectivity index (χ0v) is 14.6. The number of rotatable bonds is 6. The Morgan fingerprint density at radius 1 is 1.29 bits per heavy atom. The highest BCUT2D eigenvalue weighted by atomic mass is 32.1. The summed E-state index contributed by atoms with van der Waals surface area (Å²) in [7, 11) is 0. The van der Waals surface area contributed by atoms with Gasteiger partial charge in [-0.25, -0.2) is 4.79 Å². The predicted octanol–water partition coefficient (Wildman–Crippen LogP) is 2.52. The molecular weight excluding hydrogens is 326 g/mol. The molecule has 1 fully saturated rings. The number of ether oxygens (including phenoxy) is 1. The fraction of sp³-hybridized carbons (Fsp3) is 0.471. The Labute approximate surface area is 145 Å². The third-order valence-corrected chi connectivity index (χ3v) is 4.91. The van der Waals surface area contributed by atoms with E-state index in [0.717, 1.165) is 29.5 Å². The Morgan fingerprint density at radius 2 is 2.12 bits per heavy atom. The fourth-order valence-corrected chi connectivity index (χ4v) is 3.41. The van der Waals surface area contributed by atoms with Gasteiger partial charge in [-0.3, -0.25) is 4.90 Å². The number of hydrogen-bond donors (Lipinski definition) is 2. The Hall–Kier alpha value is -1.83. The van der Waals surface area contributed by atoms with E-state index < -0.39 is 0 Å². The van der Waals surface area contributed by atoms with E-state index in [0.29, 0.717) is 26.3 Å². The van der Waals surface area contributed by atoms with Gasteiger partial charge < -0.3 is 19.8 Å². The number of carbonyl (C=O) groups is 1. The summed E-state index contributed by atoms with van der Waals surface area (Å²) in [5, 5.41) is 7.85. The molecule has 2 N–H and O–H groups in total. The van der Waals surface area contributed by atoms with Gasteiger partial charge in [-0.05, 0) is 30.5 Å². The van der Waals surface area contributed by atoms with Gasteiger partial charge in [0.2, 0.25) is 0 Å². The number of carbonyl (C=O) groups excluding carboxylic acids is 1. The van der Waals surface area contributed by atoms with Gasteiger partial charge in [0.1, 0.15) is 11.5 Å². The average Bonchev–Trinajstić information content (AvgIpc) is 3.26. The molecule has 0 bridgehead atoms. The van der Waals surface area contributed by atoms with Crippen LogP contribution in [0.3, 0.4) is 0 Å². The molecule has 130 valence electrons. The monoisotopic (exact) mass is 349 g/mol. The molecule has 0 radical (unpaired) electrons. The van der Waals surface area contributed by atoms with Crippen LogP contribution in [0.4, 0.5) is 4.79 Å². The van der Waals surface area contributed by atoms with E-state index in [9.17, 15) is 4.79 Å². The number of furan rings is 1. The largest absolute Gasteiger partial charge is 0.465 e. The van der Waals surface area contributed by atoms with Crippen LogP contribution >= 0.6 is 11.3 Å². The lowest BCUT2D eigenvalue weighted by Crippen LogP contribution is -2.45. The van der Waals surface area contributed by atoms with Crippen LogP contribution in [0, 0.1) is 6.92 Å². The van der Waals surface area contributed by atoms with Crippen molar-refractivity contribution in [3.05, 3.63) is 46.0 Å². The summed E-state index contributed by atoms with van der Waals surface area (Å²) in [6.45, 7) is 6.07. The van der Waals surface area contributed by atoms with Crippen LogP contribution in [0.5, 0.6) is 0 Å². The number of thiophene rings is 1. The van der Waals surface area contributed by atoms with Crippen molar-refractivity contribution in [3.63, 3.8) is 0 Å². The van der Waals surface area contributed by atoms with Crippen LogP contribution in [-0.2, 0) is 11.3 Å². The minimum atomic E-state index is -0.162. The molecule has 2 aromatic rings. The lowest BCUT2D eigenvalue weighted by Gasteiger charge is -2.33. The van der Waals surface area contributed by atoms with Gasteiger partial charge in [-0.2, -0.15) is 0 Å². The molecule has 1 unspecified atom stereocenters. The molecule has 24 heavy (non-hydrogen) atoms. The van der Waals surface area contributed by atoms with Crippen LogP contribution in [0.15, 0.2) is 34.1 Å². The molecule has 1 saturated heterocycles. The maximum atomic E-state index is 12.1. The third-order valence-electron chi connectivity index (χ3n) is 4.04. The first-order chi connectivity index (χ1) is 11.7. The highest BCUT2D eigenvalue weighted by molar-refractivity contribution is 7.09.